The van der Waals surface area contributed by atoms with Crippen LogP contribution in [0, 0.1) is 0 Å². The lowest BCUT2D eigenvalue weighted by Crippen LogP contribution is -2.34. The molecule has 1 aromatic heterocycles. The monoisotopic (exact) mass is 313 g/mol. The molecule has 1 aliphatic heterocycles. The Morgan fingerprint density at radius 2 is 2.04 bits per heavy atom. The maximum atomic E-state index is 12.5. The average molecular weight is 313 g/mol. The molecule has 122 valence electrons. The van der Waals surface area contributed by atoms with Crippen LogP contribution in [0.4, 0.5) is 0 Å². The molecule has 4 rings (SSSR count). The van der Waals surface area contributed by atoms with Crippen molar-refractivity contribution in [3.63, 3.8) is 0 Å². The Balaban J connectivity index is 1.55. The van der Waals surface area contributed by atoms with Gasteiger partial charge in [-0.1, -0.05) is 25.7 Å². The van der Waals surface area contributed by atoms with Gasteiger partial charge in [0.15, 0.2) is 0 Å². The number of fused-ring (bicyclic) bond motifs is 3. The Bertz CT molecular complexity index is 714. The summed E-state index contributed by atoms with van der Waals surface area (Å²) in [6.45, 7) is 2.11. The van der Waals surface area contributed by atoms with E-state index in [1.807, 2.05) is 18.2 Å². The largest absolute Gasteiger partial charge is 0.372 e. The first-order valence-corrected chi connectivity index (χ1v) is 8.69. The van der Waals surface area contributed by atoms with E-state index in [2.05, 4.69) is 14.9 Å². The molecule has 2 aromatic rings. The maximum Gasteiger partial charge on any atom is 0.251 e. The summed E-state index contributed by atoms with van der Waals surface area (Å²) in [5.41, 5.74) is 2.69. The van der Waals surface area contributed by atoms with Gasteiger partial charge in [0.2, 0.25) is 0 Å². The van der Waals surface area contributed by atoms with Gasteiger partial charge in [0.1, 0.15) is 12.4 Å². The summed E-state index contributed by atoms with van der Waals surface area (Å²) in [6, 6.07) is 6.16. The van der Waals surface area contributed by atoms with Crippen LogP contribution in [0.2, 0.25) is 0 Å². The third kappa shape index (κ3) is 2.98. The molecular formula is C18H23N3O2. The highest BCUT2D eigenvalue weighted by Gasteiger charge is 2.18. The van der Waals surface area contributed by atoms with Crippen molar-refractivity contribution in [2.45, 2.75) is 57.7 Å². The quantitative estimate of drug-likeness (QED) is 0.867. The molecule has 1 aliphatic carbocycles. The van der Waals surface area contributed by atoms with Gasteiger partial charge in [-0.05, 0) is 31.0 Å². The van der Waals surface area contributed by atoms with Crippen molar-refractivity contribution >= 4 is 16.9 Å². The smallest absolute Gasteiger partial charge is 0.251 e. The van der Waals surface area contributed by atoms with Crippen LogP contribution in [0.3, 0.4) is 0 Å². The van der Waals surface area contributed by atoms with Gasteiger partial charge in [0.25, 0.3) is 5.91 Å². The second-order valence-corrected chi connectivity index (χ2v) is 6.60. The summed E-state index contributed by atoms with van der Waals surface area (Å²) >= 11 is 0. The minimum Gasteiger partial charge on any atom is -0.372 e. The number of rotatable bonds is 2. The highest BCUT2D eigenvalue weighted by atomic mass is 16.5. The zero-order valence-corrected chi connectivity index (χ0v) is 13.4. The van der Waals surface area contributed by atoms with Crippen molar-refractivity contribution in [3.8, 4) is 0 Å². The van der Waals surface area contributed by atoms with Crippen molar-refractivity contribution in [3.05, 3.63) is 29.6 Å². The topological polar surface area (TPSA) is 56.2 Å². The average Bonchev–Trinajstić information content (AvgIpc) is 2.74. The lowest BCUT2D eigenvalue weighted by molar-refractivity contribution is 0.0830. The first-order chi connectivity index (χ1) is 11.3. The minimum atomic E-state index is 0.0287. The fourth-order valence-electron chi connectivity index (χ4n) is 3.69. The number of imidazole rings is 1. The van der Waals surface area contributed by atoms with E-state index in [1.165, 1.54) is 25.7 Å². The van der Waals surface area contributed by atoms with Crippen molar-refractivity contribution < 1.29 is 9.53 Å². The Morgan fingerprint density at radius 1 is 1.22 bits per heavy atom. The highest BCUT2D eigenvalue weighted by molar-refractivity contribution is 5.97. The molecule has 5 heteroatoms. The molecule has 1 N–H and O–H groups in total. The van der Waals surface area contributed by atoms with E-state index in [1.54, 1.807) is 0 Å². The van der Waals surface area contributed by atoms with Gasteiger partial charge in [-0.15, -0.1) is 0 Å². The molecule has 5 nitrogen and oxygen atoms in total. The van der Waals surface area contributed by atoms with Crippen molar-refractivity contribution in [2.75, 3.05) is 6.61 Å². The second kappa shape index (κ2) is 6.32. The first-order valence-electron chi connectivity index (χ1n) is 8.69. The van der Waals surface area contributed by atoms with Crippen molar-refractivity contribution in [2.24, 2.45) is 0 Å². The van der Waals surface area contributed by atoms with Crippen LogP contribution in [-0.4, -0.2) is 28.1 Å². The molecule has 1 saturated carbocycles. The normalized spacial score (nSPS) is 19.3. The first kappa shape index (κ1) is 14.7. The van der Waals surface area contributed by atoms with Gasteiger partial charge in [0, 0.05) is 18.2 Å². The number of aromatic nitrogens is 2. The lowest BCUT2D eigenvalue weighted by atomic mass is 10.1. The fourth-order valence-corrected chi connectivity index (χ4v) is 3.69. The van der Waals surface area contributed by atoms with E-state index in [0.717, 1.165) is 42.9 Å². The maximum absolute atomic E-state index is 12.5. The summed E-state index contributed by atoms with van der Waals surface area (Å²) in [5, 5.41) is 3.20. The van der Waals surface area contributed by atoms with Gasteiger partial charge < -0.3 is 14.6 Å². The summed E-state index contributed by atoms with van der Waals surface area (Å²) in [6.07, 6.45) is 7.23. The number of carbonyl (C=O) groups is 1. The molecule has 0 bridgehead atoms. The van der Waals surface area contributed by atoms with Gasteiger partial charge >= 0.3 is 0 Å². The minimum absolute atomic E-state index is 0.0287. The highest BCUT2D eigenvalue weighted by Crippen LogP contribution is 2.22. The van der Waals surface area contributed by atoms with E-state index >= 15 is 0 Å². The van der Waals surface area contributed by atoms with E-state index in [-0.39, 0.29) is 5.91 Å². The van der Waals surface area contributed by atoms with Crippen LogP contribution in [0.25, 0.3) is 11.0 Å². The summed E-state index contributed by atoms with van der Waals surface area (Å²) in [7, 11) is 0. The number of hydrogen-bond acceptors (Lipinski definition) is 3. The van der Waals surface area contributed by atoms with Gasteiger partial charge in [-0.3, -0.25) is 4.79 Å². The third-order valence-corrected chi connectivity index (χ3v) is 4.97. The Morgan fingerprint density at radius 3 is 2.87 bits per heavy atom. The second-order valence-electron chi connectivity index (χ2n) is 6.60. The van der Waals surface area contributed by atoms with Crippen LogP contribution in [0.1, 0.15) is 54.7 Å². The molecule has 0 radical (unpaired) electrons. The number of nitrogens with zero attached hydrogens (tertiary/aromatic N) is 2. The molecule has 0 unspecified atom stereocenters. The zero-order valence-electron chi connectivity index (χ0n) is 13.4. The van der Waals surface area contributed by atoms with Gasteiger partial charge in [0.05, 0.1) is 17.6 Å². The van der Waals surface area contributed by atoms with E-state index < -0.39 is 0 Å². The lowest BCUT2D eigenvalue weighted by Gasteiger charge is -2.16. The molecule has 1 amide bonds. The number of benzene rings is 1. The van der Waals surface area contributed by atoms with Crippen LogP contribution < -0.4 is 5.32 Å². The molecule has 1 fully saturated rings. The van der Waals surface area contributed by atoms with Crippen LogP contribution >= 0.6 is 0 Å². The van der Waals surface area contributed by atoms with Crippen molar-refractivity contribution in [1.82, 2.24) is 14.9 Å². The fraction of sp³-hybridized carbons (Fsp3) is 0.556. The molecule has 2 heterocycles. The number of ether oxygens (including phenoxy) is 1. The SMILES string of the molecule is O=C(NC1CCCCCC1)c1ccc2c(c1)nc1n2CCOC1. The predicted octanol–water partition coefficient (Wildman–Crippen LogP) is 3.02. The molecule has 23 heavy (non-hydrogen) atoms. The van der Waals surface area contributed by atoms with Gasteiger partial charge in [-0.2, -0.15) is 0 Å². The molecule has 0 atom stereocenters. The predicted molar refractivity (Wildman–Crippen MR) is 88.3 cm³/mol. The molecule has 1 aromatic carbocycles. The number of nitrogens with one attached hydrogen (secondary N) is 1. The van der Waals surface area contributed by atoms with E-state index in [4.69, 9.17) is 4.74 Å². The number of carbonyl (C=O) groups excluding carboxylic acids is 1. The van der Waals surface area contributed by atoms with E-state index in [0.29, 0.717) is 18.2 Å². The standard InChI is InChI=1S/C18H23N3O2/c22-18(19-14-5-3-1-2-4-6-14)13-7-8-16-15(11-13)20-17-12-23-10-9-21(16)17/h7-8,11,14H,1-6,9-10,12H2,(H,19,22). The van der Waals surface area contributed by atoms with Crippen LogP contribution in [0.5, 0.6) is 0 Å². The van der Waals surface area contributed by atoms with Crippen molar-refractivity contribution in [1.29, 1.82) is 0 Å². The summed E-state index contributed by atoms with van der Waals surface area (Å²) < 4.78 is 7.64. The third-order valence-electron chi connectivity index (χ3n) is 4.97. The molecular weight excluding hydrogens is 290 g/mol. The Hall–Kier alpha value is -1.88. The van der Waals surface area contributed by atoms with E-state index in [9.17, 15) is 4.79 Å². The Kier molecular flexibility index (Phi) is 4.04. The van der Waals surface area contributed by atoms with Crippen LogP contribution in [-0.2, 0) is 17.9 Å². The number of hydrogen-bond donors (Lipinski definition) is 1. The van der Waals surface area contributed by atoms with Crippen LogP contribution in [0.15, 0.2) is 18.2 Å². The zero-order chi connectivity index (χ0) is 15.6. The molecule has 2 aliphatic rings. The summed E-state index contributed by atoms with van der Waals surface area (Å²) in [5.74, 6) is 0.980. The molecule has 0 saturated heterocycles. The number of amides is 1. The summed E-state index contributed by atoms with van der Waals surface area (Å²) in [4.78, 5) is 17.2. The Labute approximate surface area is 136 Å². The van der Waals surface area contributed by atoms with Gasteiger partial charge in [-0.25, -0.2) is 4.98 Å². The molecule has 0 spiro atoms.